The Hall–Kier alpha value is -0.910. The Bertz CT molecular complexity index is 560. The molecule has 25 heavy (non-hydrogen) atoms. The van der Waals surface area contributed by atoms with Crippen molar-refractivity contribution in [2.45, 2.75) is 40.2 Å². The molecule has 1 aromatic rings. The number of carbonyl (C=O) groups is 1. The average molecular weight is 365 g/mol. The summed E-state index contributed by atoms with van der Waals surface area (Å²) in [5.74, 6) is 1.06. The van der Waals surface area contributed by atoms with Crippen molar-refractivity contribution in [3.05, 3.63) is 22.4 Å². The molecule has 0 N–H and O–H groups in total. The van der Waals surface area contributed by atoms with E-state index in [1.54, 1.807) is 0 Å². The van der Waals surface area contributed by atoms with Crippen LogP contribution in [-0.4, -0.2) is 55.1 Å². The van der Waals surface area contributed by atoms with Crippen molar-refractivity contribution in [2.75, 3.05) is 39.3 Å². The number of thiophene rings is 1. The summed E-state index contributed by atoms with van der Waals surface area (Å²) in [6.07, 6.45) is 2.04. The van der Waals surface area contributed by atoms with Crippen LogP contribution in [0.4, 0.5) is 0 Å². The minimum atomic E-state index is -0.297. The van der Waals surface area contributed by atoms with Gasteiger partial charge in [0.25, 0.3) is 0 Å². The molecule has 2 aliphatic rings. The van der Waals surface area contributed by atoms with Gasteiger partial charge in [-0.15, -0.1) is 11.3 Å². The summed E-state index contributed by atoms with van der Waals surface area (Å²) in [6.45, 7) is 13.0. The summed E-state index contributed by atoms with van der Waals surface area (Å²) in [5, 5.41) is 2.15. The second-order valence-corrected chi connectivity index (χ2v) is 9.11. The number of hydrogen-bond acceptors (Lipinski definition) is 5. The predicted molar refractivity (Wildman–Crippen MR) is 103 cm³/mol. The minimum absolute atomic E-state index is 0.0456. The second kappa shape index (κ2) is 8.19. The van der Waals surface area contributed by atoms with E-state index >= 15 is 0 Å². The van der Waals surface area contributed by atoms with E-state index in [9.17, 15) is 4.79 Å². The van der Waals surface area contributed by atoms with Crippen molar-refractivity contribution >= 4 is 17.3 Å². The number of hydrogen-bond donors (Lipinski definition) is 0. The van der Waals surface area contributed by atoms with Gasteiger partial charge in [0.1, 0.15) is 0 Å². The molecule has 0 spiro atoms. The summed E-state index contributed by atoms with van der Waals surface area (Å²) in [6, 6.07) is 4.34. The van der Waals surface area contributed by atoms with Gasteiger partial charge < -0.3 is 9.64 Å². The van der Waals surface area contributed by atoms with E-state index < -0.39 is 0 Å². The van der Waals surface area contributed by atoms with E-state index in [1.165, 1.54) is 4.88 Å². The van der Waals surface area contributed by atoms with Crippen LogP contribution < -0.4 is 0 Å². The lowest BCUT2D eigenvalue weighted by Crippen LogP contribution is -2.42. The smallest absolute Gasteiger partial charge is 0.313 e. The molecule has 0 aromatic carbocycles. The third kappa shape index (κ3) is 4.26. The third-order valence-electron chi connectivity index (χ3n) is 5.61. The molecule has 2 aliphatic heterocycles. The Morgan fingerprint density at radius 1 is 1.40 bits per heavy atom. The first kappa shape index (κ1) is 18.9. The van der Waals surface area contributed by atoms with Gasteiger partial charge in [-0.2, -0.15) is 0 Å². The molecular weight excluding hydrogens is 332 g/mol. The minimum Gasteiger partial charge on any atom is -0.466 e. The number of rotatable bonds is 6. The topological polar surface area (TPSA) is 32.8 Å². The molecule has 0 bridgehead atoms. The van der Waals surface area contributed by atoms with Crippen LogP contribution >= 0.6 is 11.3 Å². The maximum Gasteiger partial charge on any atom is 0.313 e. The van der Waals surface area contributed by atoms with Crippen LogP contribution in [0.1, 0.15) is 38.5 Å². The van der Waals surface area contributed by atoms with Crippen molar-refractivity contribution < 1.29 is 9.53 Å². The SMILES string of the molecule is CCOC(=O)[C@@]12CCCN(Cc3cccs3)C[C@@H]1CN(CC(C)C)C2. The number of carbonyl (C=O) groups excluding carboxylic acids is 1. The molecule has 2 fully saturated rings. The number of ether oxygens (including phenoxy) is 1. The third-order valence-corrected chi connectivity index (χ3v) is 6.47. The molecule has 0 unspecified atom stereocenters. The molecule has 2 saturated heterocycles. The quantitative estimate of drug-likeness (QED) is 0.724. The highest BCUT2D eigenvalue weighted by Crippen LogP contribution is 2.44. The summed E-state index contributed by atoms with van der Waals surface area (Å²) in [5.41, 5.74) is -0.297. The Kier molecular flexibility index (Phi) is 6.18. The first-order valence-corrected chi connectivity index (χ1v) is 10.6. The van der Waals surface area contributed by atoms with Crippen LogP contribution in [-0.2, 0) is 16.1 Å². The molecule has 3 heterocycles. The van der Waals surface area contributed by atoms with Gasteiger partial charge in [-0.1, -0.05) is 19.9 Å². The number of nitrogens with zero attached hydrogens (tertiary/aromatic N) is 2. The molecule has 0 radical (unpaired) electrons. The highest BCUT2D eigenvalue weighted by Gasteiger charge is 2.53. The van der Waals surface area contributed by atoms with Crippen LogP contribution in [0.25, 0.3) is 0 Å². The van der Waals surface area contributed by atoms with Crippen molar-refractivity contribution in [3.8, 4) is 0 Å². The fourth-order valence-electron chi connectivity index (χ4n) is 4.65. The van der Waals surface area contributed by atoms with Crippen LogP contribution in [0.3, 0.4) is 0 Å². The van der Waals surface area contributed by atoms with Gasteiger partial charge in [-0.3, -0.25) is 9.69 Å². The van der Waals surface area contributed by atoms with Gasteiger partial charge in [0, 0.05) is 43.5 Å². The van der Waals surface area contributed by atoms with E-state index in [2.05, 4.69) is 41.2 Å². The standard InChI is InChI=1S/C20H32N2O2S/c1-4-24-19(23)20-8-6-9-21(14-18-7-5-10-25-18)12-17(20)13-22(15-20)11-16(2)3/h5,7,10,16-17H,4,6,8-9,11-15H2,1-3H3/t17-,20-/m1/s1. The van der Waals surface area contributed by atoms with Crippen molar-refractivity contribution in [2.24, 2.45) is 17.3 Å². The van der Waals surface area contributed by atoms with Gasteiger partial charge in [0.2, 0.25) is 0 Å². The number of fused-ring (bicyclic) bond motifs is 1. The van der Waals surface area contributed by atoms with Gasteiger partial charge in [0.15, 0.2) is 0 Å². The van der Waals surface area contributed by atoms with E-state index in [0.29, 0.717) is 18.4 Å². The fraction of sp³-hybridized carbons (Fsp3) is 0.750. The normalized spacial score (nSPS) is 28.1. The Labute approximate surface area is 156 Å². The zero-order chi connectivity index (χ0) is 17.9. The molecule has 0 amide bonds. The predicted octanol–water partition coefficient (Wildman–Crippen LogP) is 3.48. The molecule has 3 rings (SSSR count). The molecule has 4 nitrogen and oxygen atoms in total. The largest absolute Gasteiger partial charge is 0.466 e. The monoisotopic (exact) mass is 364 g/mol. The Morgan fingerprint density at radius 2 is 2.20 bits per heavy atom. The van der Waals surface area contributed by atoms with Gasteiger partial charge in [-0.05, 0) is 43.7 Å². The van der Waals surface area contributed by atoms with E-state index in [0.717, 1.165) is 52.1 Å². The van der Waals surface area contributed by atoms with Crippen molar-refractivity contribution in [3.63, 3.8) is 0 Å². The lowest BCUT2D eigenvalue weighted by Gasteiger charge is -2.31. The summed E-state index contributed by atoms with van der Waals surface area (Å²) in [4.78, 5) is 19.4. The molecule has 2 atom stereocenters. The fourth-order valence-corrected chi connectivity index (χ4v) is 5.39. The van der Waals surface area contributed by atoms with E-state index in [1.807, 2.05) is 18.3 Å². The number of esters is 1. The maximum atomic E-state index is 12.9. The Morgan fingerprint density at radius 3 is 2.88 bits per heavy atom. The zero-order valence-corrected chi connectivity index (χ0v) is 16.7. The summed E-state index contributed by atoms with van der Waals surface area (Å²) in [7, 11) is 0. The lowest BCUT2D eigenvalue weighted by molar-refractivity contribution is -0.157. The van der Waals surface area contributed by atoms with E-state index in [4.69, 9.17) is 4.74 Å². The van der Waals surface area contributed by atoms with Crippen LogP contribution in [0.2, 0.25) is 0 Å². The van der Waals surface area contributed by atoms with Crippen LogP contribution in [0.15, 0.2) is 17.5 Å². The first-order chi connectivity index (χ1) is 12.0. The van der Waals surface area contributed by atoms with Gasteiger partial charge in [0.05, 0.1) is 12.0 Å². The number of likely N-dealkylation sites (tertiary alicyclic amines) is 2. The molecule has 140 valence electrons. The zero-order valence-electron chi connectivity index (χ0n) is 15.9. The highest BCUT2D eigenvalue weighted by molar-refractivity contribution is 7.09. The summed E-state index contributed by atoms with van der Waals surface area (Å²) >= 11 is 1.83. The summed E-state index contributed by atoms with van der Waals surface area (Å²) < 4.78 is 5.55. The lowest BCUT2D eigenvalue weighted by atomic mass is 9.75. The second-order valence-electron chi connectivity index (χ2n) is 8.08. The molecule has 0 aliphatic carbocycles. The Balaban J connectivity index is 1.76. The van der Waals surface area contributed by atoms with Crippen molar-refractivity contribution in [1.82, 2.24) is 9.80 Å². The first-order valence-electron chi connectivity index (χ1n) is 9.68. The highest BCUT2D eigenvalue weighted by atomic mass is 32.1. The van der Waals surface area contributed by atoms with Crippen molar-refractivity contribution in [1.29, 1.82) is 0 Å². The molecular formula is C20H32N2O2S. The molecule has 1 aromatic heterocycles. The molecule has 0 saturated carbocycles. The van der Waals surface area contributed by atoms with Crippen LogP contribution in [0, 0.1) is 17.3 Å². The van der Waals surface area contributed by atoms with Crippen LogP contribution in [0.5, 0.6) is 0 Å². The maximum absolute atomic E-state index is 12.9. The van der Waals surface area contributed by atoms with Gasteiger partial charge >= 0.3 is 5.97 Å². The average Bonchev–Trinajstić information content (AvgIpc) is 3.12. The molecule has 5 heteroatoms. The van der Waals surface area contributed by atoms with Gasteiger partial charge in [-0.25, -0.2) is 0 Å². The van der Waals surface area contributed by atoms with E-state index in [-0.39, 0.29) is 11.4 Å².